The number of benzene rings is 1. The van der Waals surface area contributed by atoms with Crippen molar-refractivity contribution in [3.05, 3.63) is 50.7 Å². The van der Waals surface area contributed by atoms with Crippen LogP contribution >= 0.6 is 46.9 Å². The lowest BCUT2D eigenvalue weighted by Crippen LogP contribution is -2.40. The average Bonchev–Trinajstić information content (AvgIpc) is 3.18. The van der Waals surface area contributed by atoms with Gasteiger partial charge in [0.1, 0.15) is 5.82 Å². The smallest absolute Gasteiger partial charge is 0.194 e. The van der Waals surface area contributed by atoms with Gasteiger partial charge in [-0.05, 0) is 32.4 Å². The summed E-state index contributed by atoms with van der Waals surface area (Å²) in [5, 5.41) is 7.06. The van der Waals surface area contributed by atoms with Gasteiger partial charge in [-0.1, -0.05) is 17.7 Å². The lowest BCUT2D eigenvalue weighted by atomic mass is 10.1. The molecule has 0 saturated heterocycles. The Kier molecular flexibility index (Phi) is 7.66. The van der Waals surface area contributed by atoms with Crippen molar-refractivity contribution in [2.24, 2.45) is 4.99 Å². The van der Waals surface area contributed by atoms with Gasteiger partial charge in [-0.15, -0.1) is 35.3 Å². The molecule has 1 aliphatic carbocycles. The van der Waals surface area contributed by atoms with Crippen LogP contribution in [-0.2, 0) is 6.54 Å². The Bertz CT molecular complexity index is 762. The van der Waals surface area contributed by atoms with E-state index in [0.29, 0.717) is 23.7 Å². The summed E-state index contributed by atoms with van der Waals surface area (Å²) in [6.45, 7) is 5.37. The Morgan fingerprint density at radius 1 is 1.50 bits per heavy atom. The highest BCUT2D eigenvalue weighted by molar-refractivity contribution is 14.0. The van der Waals surface area contributed by atoms with Gasteiger partial charge in [0.15, 0.2) is 5.96 Å². The van der Waals surface area contributed by atoms with E-state index in [4.69, 9.17) is 11.6 Å². The number of thiazole rings is 1. The molecule has 1 saturated carbocycles. The molecule has 0 aliphatic heterocycles. The predicted octanol–water partition coefficient (Wildman–Crippen LogP) is 4.82. The van der Waals surface area contributed by atoms with E-state index in [2.05, 4.69) is 25.6 Å². The molecule has 1 aromatic heterocycles. The van der Waals surface area contributed by atoms with Crippen molar-refractivity contribution in [1.82, 2.24) is 15.2 Å². The van der Waals surface area contributed by atoms with Crippen molar-refractivity contribution >= 4 is 52.9 Å². The summed E-state index contributed by atoms with van der Waals surface area (Å²) in [7, 11) is 1.99. The minimum atomic E-state index is -0.234. The van der Waals surface area contributed by atoms with Crippen LogP contribution in [0.15, 0.2) is 28.6 Å². The Morgan fingerprint density at radius 3 is 2.88 bits per heavy atom. The molecule has 3 rings (SSSR count). The van der Waals surface area contributed by atoms with E-state index in [9.17, 15) is 4.39 Å². The molecule has 1 fully saturated rings. The average molecular weight is 509 g/mol. The molecule has 1 N–H and O–H groups in total. The van der Waals surface area contributed by atoms with Crippen LogP contribution in [0.5, 0.6) is 0 Å². The lowest BCUT2D eigenvalue weighted by Gasteiger charge is -2.22. The summed E-state index contributed by atoms with van der Waals surface area (Å²) in [5.74, 6) is 0.667. The van der Waals surface area contributed by atoms with Gasteiger partial charge >= 0.3 is 0 Å². The molecule has 2 unspecified atom stereocenters. The van der Waals surface area contributed by atoms with Gasteiger partial charge in [-0.25, -0.2) is 9.37 Å². The summed E-state index contributed by atoms with van der Waals surface area (Å²) in [5.41, 5.74) is 1.63. The molecule has 1 aromatic carbocycles. The standard InChI is InChI=1S/C18H22ClFN4S.HI/c1-4-21-18(24(3)9-12-10-25-11(2)22-12)23-16-8-13(16)17-14(19)6-5-7-15(17)20;/h5-7,10,13,16H,4,8-9H2,1-3H3,(H,21,23);1H. The van der Waals surface area contributed by atoms with E-state index in [1.54, 1.807) is 23.5 Å². The molecular weight excluding hydrogens is 486 g/mol. The molecule has 8 heteroatoms. The van der Waals surface area contributed by atoms with Crippen molar-refractivity contribution in [3.63, 3.8) is 0 Å². The van der Waals surface area contributed by atoms with E-state index in [0.717, 1.165) is 23.1 Å². The van der Waals surface area contributed by atoms with Crippen LogP contribution in [0, 0.1) is 12.7 Å². The van der Waals surface area contributed by atoms with Crippen LogP contribution in [-0.4, -0.2) is 35.5 Å². The second-order valence-electron chi connectivity index (χ2n) is 6.24. The molecule has 1 heterocycles. The number of guanidine groups is 1. The molecule has 2 aromatic rings. The van der Waals surface area contributed by atoms with Gasteiger partial charge in [0, 0.05) is 41.5 Å². The summed E-state index contributed by atoms with van der Waals surface area (Å²) >= 11 is 7.83. The van der Waals surface area contributed by atoms with Crippen molar-refractivity contribution < 1.29 is 4.39 Å². The first-order chi connectivity index (χ1) is 12.0. The summed E-state index contributed by atoms with van der Waals surface area (Å²) < 4.78 is 14.1. The highest BCUT2D eigenvalue weighted by Gasteiger charge is 2.42. The summed E-state index contributed by atoms with van der Waals surface area (Å²) in [6.07, 6.45) is 0.854. The molecule has 1 aliphatic rings. The number of aryl methyl sites for hydroxylation is 1. The van der Waals surface area contributed by atoms with Gasteiger partial charge in [0.25, 0.3) is 0 Å². The number of nitrogens with zero attached hydrogens (tertiary/aromatic N) is 3. The summed E-state index contributed by atoms with van der Waals surface area (Å²) in [6, 6.07) is 5.00. The fourth-order valence-electron chi connectivity index (χ4n) is 2.93. The first kappa shape index (κ1) is 21.4. The van der Waals surface area contributed by atoms with Crippen molar-refractivity contribution in [3.8, 4) is 0 Å². The zero-order valence-electron chi connectivity index (χ0n) is 15.0. The molecule has 4 nitrogen and oxygen atoms in total. The second kappa shape index (κ2) is 9.32. The fourth-order valence-corrected chi connectivity index (χ4v) is 3.84. The van der Waals surface area contributed by atoms with Crippen molar-refractivity contribution in [2.45, 2.75) is 38.8 Å². The highest BCUT2D eigenvalue weighted by Crippen LogP contribution is 2.44. The van der Waals surface area contributed by atoms with Gasteiger partial charge in [-0.3, -0.25) is 4.99 Å². The number of aliphatic imine (C=N–C) groups is 1. The predicted molar refractivity (Wildman–Crippen MR) is 117 cm³/mol. The maximum Gasteiger partial charge on any atom is 0.194 e. The third-order valence-electron chi connectivity index (χ3n) is 4.21. The van der Waals surface area contributed by atoms with Crippen LogP contribution in [0.25, 0.3) is 0 Å². The topological polar surface area (TPSA) is 40.5 Å². The SMILES string of the molecule is CCN=C(NC1CC1c1c(F)cccc1Cl)N(C)Cc1csc(C)n1.I. The molecule has 2 atom stereocenters. The zero-order valence-corrected chi connectivity index (χ0v) is 18.9. The highest BCUT2D eigenvalue weighted by atomic mass is 127. The first-order valence-corrected chi connectivity index (χ1v) is 9.62. The number of halogens is 3. The van der Waals surface area contributed by atoms with Crippen molar-refractivity contribution in [1.29, 1.82) is 0 Å². The monoisotopic (exact) mass is 508 g/mol. The van der Waals surface area contributed by atoms with Crippen LogP contribution < -0.4 is 5.32 Å². The fraction of sp³-hybridized carbons (Fsp3) is 0.444. The number of rotatable bonds is 5. The first-order valence-electron chi connectivity index (χ1n) is 8.36. The van der Waals surface area contributed by atoms with Gasteiger partial charge in [-0.2, -0.15) is 0 Å². The largest absolute Gasteiger partial charge is 0.353 e. The minimum Gasteiger partial charge on any atom is -0.353 e. The van der Waals surface area contributed by atoms with E-state index < -0.39 is 0 Å². The van der Waals surface area contributed by atoms with Gasteiger partial charge in [0.2, 0.25) is 0 Å². The number of hydrogen-bond acceptors (Lipinski definition) is 3. The number of nitrogens with one attached hydrogen (secondary N) is 1. The molecule has 26 heavy (non-hydrogen) atoms. The van der Waals surface area contributed by atoms with E-state index in [-0.39, 0.29) is 41.8 Å². The van der Waals surface area contributed by atoms with E-state index >= 15 is 0 Å². The normalized spacial score (nSPS) is 19.0. The third kappa shape index (κ3) is 5.07. The molecule has 0 amide bonds. The molecule has 0 radical (unpaired) electrons. The second-order valence-corrected chi connectivity index (χ2v) is 7.71. The number of hydrogen-bond donors (Lipinski definition) is 1. The molecule has 142 valence electrons. The van der Waals surface area contributed by atoms with E-state index in [1.165, 1.54) is 6.07 Å². The maximum absolute atomic E-state index is 14.1. The zero-order chi connectivity index (χ0) is 18.0. The van der Waals surface area contributed by atoms with E-state index in [1.807, 2.05) is 20.9 Å². The Hall–Kier alpha value is -0.930. The number of aromatic nitrogens is 1. The quantitative estimate of drug-likeness (QED) is 0.358. The Balaban J connectivity index is 0.00000243. The molecular formula is C18H23ClFIN4S. The van der Waals surface area contributed by atoms with Crippen LogP contribution in [0.1, 0.15) is 35.5 Å². The van der Waals surface area contributed by atoms with Gasteiger partial charge < -0.3 is 10.2 Å². The van der Waals surface area contributed by atoms with Crippen molar-refractivity contribution in [2.75, 3.05) is 13.6 Å². The van der Waals surface area contributed by atoms with Crippen LogP contribution in [0.2, 0.25) is 5.02 Å². The maximum atomic E-state index is 14.1. The lowest BCUT2D eigenvalue weighted by molar-refractivity contribution is 0.468. The molecule has 0 bridgehead atoms. The van der Waals surface area contributed by atoms with Gasteiger partial charge in [0.05, 0.1) is 17.2 Å². The Morgan fingerprint density at radius 2 is 2.27 bits per heavy atom. The molecule has 0 spiro atoms. The van der Waals surface area contributed by atoms with Crippen LogP contribution in [0.3, 0.4) is 0 Å². The van der Waals surface area contributed by atoms with Crippen LogP contribution in [0.4, 0.5) is 4.39 Å². The third-order valence-corrected chi connectivity index (χ3v) is 5.36. The Labute approximate surface area is 179 Å². The summed E-state index contributed by atoms with van der Waals surface area (Å²) in [4.78, 5) is 11.1. The minimum absolute atomic E-state index is 0.